The van der Waals surface area contributed by atoms with E-state index in [4.69, 9.17) is 5.11 Å². The zero-order chi connectivity index (χ0) is 15.6. The quantitative estimate of drug-likeness (QED) is 0.897. The molecule has 0 aromatic carbocycles. The lowest BCUT2D eigenvalue weighted by Gasteiger charge is -2.31. The van der Waals surface area contributed by atoms with Crippen molar-refractivity contribution in [2.75, 3.05) is 13.1 Å². The Morgan fingerprint density at radius 2 is 2.00 bits per heavy atom. The van der Waals surface area contributed by atoms with Gasteiger partial charge in [-0.25, -0.2) is 9.78 Å². The molecule has 0 saturated carbocycles. The summed E-state index contributed by atoms with van der Waals surface area (Å²) in [6.45, 7) is 6.83. The Balaban J connectivity index is 1.90. The number of hydrogen-bond acceptors (Lipinski definition) is 4. The molecule has 6 nitrogen and oxygen atoms in total. The standard InChI is InChI=1S/C14H21N3O3S/c1-8-12(21-10(3)15-8)9(2)16-14(20)17-6-4-11(5-7-17)13(18)19/h9,11H,4-7H2,1-3H3,(H,16,20)(H,18,19). The number of carbonyl (C=O) groups is 2. The van der Waals surface area contributed by atoms with E-state index in [1.54, 1.807) is 16.2 Å². The van der Waals surface area contributed by atoms with Crippen molar-refractivity contribution in [3.63, 3.8) is 0 Å². The number of nitrogens with zero attached hydrogens (tertiary/aromatic N) is 2. The molecule has 1 aromatic rings. The number of carbonyl (C=O) groups excluding carboxylic acids is 1. The molecular weight excluding hydrogens is 290 g/mol. The molecule has 21 heavy (non-hydrogen) atoms. The number of nitrogens with one attached hydrogen (secondary N) is 1. The highest BCUT2D eigenvalue weighted by Crippen LogP contribution is 2.25. The van der Waals surface area contributed by atoms with Crippen LogP contribution in [0, 0.1) is 19.8 Å². The maximum absolute atomic E-state index is 12.2. The number of piperidine rings is 1. The summed E-state index contributed by atoms with van der Waals surface area (Å²) in [5.74, 6) is -1.09. The van der Waals surface area contributed by atoms with Crippen molar-refractivity contribution in [2.45, 2.75) is 39.7 Å². The number of carboxylic acids is 1. The Morgan fingerprint density at radius 1 is 1.38 bits per heavy atom. The Bertz CT molecular complexity index is 536. The molecule has 0 aliphatic carbocycles. The predicted octanol–water partition coefficient (Wildman–Crippen LogP) is 2.33. The van der Waals surface area contributed by atoms with E-state index in [0.717, 1.165) is 15.6 Å². The van der Waals surface area contributed by atoms with Crippen molar-refractivity contribution in [3.05, 3.63) is 15.6 Å². The number of rotatable bonds is 3. The van der Waals surface area contributed by atoms with Crippen LogP contribution < -0.4 is 5.32 Å². The molecular formula is C14H21N3O3S. The van der Waals surface area contributed by atoms with Crippen LogP contribution >= 0.6 is 11.3 Å². The number of carboxylic acid groups (broad SMARTS) is 1. The van der Waals surface area contributed by atoms with Gasteiger partial charge in [-0.2, -0.15) is 0 Å². The van der Waals surface area contributed by atoms with Gasteiger partial charge >= 0.3 is 12.0 Å². The molecule has 0 spiro atoms. The van der Waals surface area contributed by atoms with Crippen LogP contribution in [0.2, 0.25) is 0 Å². The lowest BCUT2D eigenvalue weighted by molar-refractivity contribution is -0.143. The number of aryl methyl sites for hydroxylation is 2. The fourth-order valence-corrected chi connectivity index (χ4v) is 3.55. The minimum Gasteiger partial charge on any atom is -0.481 e. The van der Waals surface area contributed by atoms with Gasteiger partial charge < -0.3 is 15.3 Å². The van der Waals surface area contributed by atoms with Gasteiger partial charge in [0.25, 0.3) is 0 Å². The molecule has 1 unspecified atom stereocenters. The molecule has 1 fully saturated rings. The Labute approximate surface area is 128 Å². The number of thiazole rings is 1. The maximum atomic E-state index is 12.2. The SMILES string of the molecule is Cc1nc(C)c(C(C)NC(=O)N2CCC(C(=O)O)CC2)s1. The zero-order valence-corrected chi connectivity index (χ0v) is 13.4. The van der Waals surface area contributed by atoms with Gasteiger partial charge in [-0.1, -0.05) is 0 Å². The molecule has 2 amide bonds. The fourth-order valence-electron chi connectivity index (χ4n) is 2.62. The highest BCUT2D eigenvalue weighted by Gasteiger charge is 2.27. The Morgan fingerprint density at radius 3 is 2.48 bits per heavy atom. The summed E-state index contributed by atoms with van der Waals surface area (Å²) in [6, 6.07) is -0.210. The van der Waals surface area contributed by atoms with Crippen LogP contribution in [0.15, 0.2) is 0 Å². The smallest absolute Gasteiger partial charge is 0.317 e. The number of likely N-dealkylation sites (tertiary alicyclic amines) is 1. The minimum atomic E-state index is -0.765. The highest BCUT2D eigenvalue weighted by atomic mass is 32.1. The van der Waals surface area contributed by atoms with Gasteiger partial charge in [0.1, 0.15) is 0 Å². The van der Waals surface area contributed by atoms with E-state index in [1.807, 2.05) is 20.8 Å². The maximum Gasteiger partial charge on any atom is 0.317 e. The number of amides is 2. The molecule has 0 bridgehead atoms. The van der Waals surface area contributed by atoms with E-state index in [-0.39, 0.29) is 18.0 Å². The van der Waals surface area contributed by atoms with Crippen LogP contribution in [0.1, 0.15) is 41.4 Å². The van der Waals surface area contributed by atoms with E-state index in [9.17, 15) is 9.59 Å². The normalized spacial score (nSPS) is 17.6. The highest BCUT2D eigenvalue weighted by molar-refractivity contribution is 7.11. The minimum absolute atomic E-state index is 0.0825. The summed E-state index contributed by atoms with van der Waals surface area (Å²) in [5.41, 5.74) is 0.954. The first-order chi connectivity index (χ1) is 9.88. The van der Waals surface area contributed by atoms with E-state index >= 15 is 0 Å². The molecule has 1 saturated heterocycles. The summed E-state index contributed by atoms with van der Waals surface area (Å²) in [4.78, 5) is 30.3. The van der Waals surface area contributed by atoms with Gasteiger partial charge in [0.2, 0.25) is 0 Å². The lowest BCUT2D eigenvalue weighted by atomic mass is 9.97. The molecule has 1 aromatic heterocycles. The molecule has 1 atom stereocenters. The Kier molecular flexibility index (Phi) is 4.82. The van der Waals surface area contributed by atoms with Crippen LogP contribution in [0.4, 0.5) is 4.79 Å². The largest absolute Gasteiger partial charge is 0.481 e. The van der Waals surface area contributed by atoms with Crippen LogP contribution in [-0.4, -0.2) is 40.1 Å². The van der Waals surface area contributed by atoms with E-state index in [2.05, 4.69) is 10.3 Å². The molecule has 0 radical (unpaired) electrons. The first-order valence-electron chi connectivity index (χ1n) is 7.10. The summed E-state index contributed by atoms with van der Waals surface area (Å²) >= 11 is 1.59. The van der Waals surface area contributed by atoms with E-state index in [1.165, 1.54) is 0 Å². The van der Waals surface area contributed by atoms with Crippen molar-refractivity contribution in [1.29, 1.82) is 0 Å². The number of hydrogen-bond donors (Lipinski definition) is 2. The van der Waals surface area contributed by atoms with Crippen LogP contribution in [0.5, 0.6) is 0 Å². The molecule has 1 aliphatic rings. The van der Waals surface area contributed by atoms with Gasteiger partial charge in [-0.3, -0.25) is 4.79 Å². The Hall–Kier alpha value is -1.63. The first-order valence-corrected chi connectivity index (χ1v) is 7.92. The van der Waals surface area contributed by atoms with Gasteiger partial charge in [0.15, 0.2) is 0 Å². The van der Waals surface area contributed by atoms with Crippen molar-refractivity contribution in [3.8, 4) is 0 Å². The average Bonchev–Trinajstić information content (AvgIpc) is 2.77. The van der Waals surface area contributed by atoms with Crippen LogP contribution in [-0.2, 0) is 4.79 Å². The lowest BCUT2D eigenvalue weighted by Crippen LogP contribution is -2.46. The molecule has 116 valence electrons. The molecule has 7 heteroatoms. The van der Waals surface area contributed by atoms with Gasteiger partial charge in [-0.15, -0.1) is 11.3 Å². The van der Waals surface area contributed by atoms with Crippen LogP contribution in [0.25, 0.3) is 0 Å². The van der Waals surface area contributed by atoms with E-state index in [0.29, 0.717) is 25.9 Å². The third-order valence-corrected chi connectivity index (χ3v) is 5.06. The van der Waals surface area contributed by atoms with Crippen LogP contribution in [0.3, 0.4) is 0 Å². The molecule has 2 rings (SSSR count). The summed E-state index contributed by atoms with van der Waals surface area (Å²) in [5, 5.41) is 12.9. The van der Waals surface area contributed by atoms with Crippen molar-refractivity contribution in [2.24, 2.45) is 5.92 Å². The van der Waals surface area contributed by atoms with Crippen molar-refractivity contribution < 1.29 is 14.7 Å². The van der Waals surface area contributed by atoms with E-state index < -0.39 is 5.97 Å². The fraction of sp³-hybridized carbons (Fsp3) is 0.643. The summed E-state index contributed by atoms with van der Waals surface area (Å²) in [6.07, 6.45) is 1.05. The monoisotopic (exact) mass is 311 g/mol. The first kappa shape index (κ1) is 15.8. The predicted molar refractivity (Wildman–Crippen MR) is 80.5 cm³/mol. The summed E-state index contributed by atoms with van der Waals surface area (Å²) < 4.78 is 0. The molecule has 2 heterocycles. The van der Waals surface area contributed by atoms with Gasteiger partial charge in [-0.05, 0) is 33.6 Å². The second-order valence-corrected chi connectivity index (χ2v) is 6.69. The second kappa shape index (κ2) is 6.43. The second-order valence-electron chi connectivity index (χ2n) is 5.45. The number of aromatic nitrogens is 1. The van der Waals surface area contributed by atoms with Crippen molar-refractivity contribution in [1.82, 2.24) is 15.2 Å². The zero-order valence-electron chi connectivity index (χ0n) is 12.5. The third-order valence-electron chi connectivity index (χ3n) is 3.80. The number of urea groups is 1. The summed E-state index contributed by atoms with van der Waals surface area (Å²) in [7, 11) is 0. The number of aliphatic carboxylic acids is 1. The van der Waals surface area contributed by atoms with Crippen molar-refractivity contribution >= 4 is 23.3 Å². The topological polar surface area (TPSA) is 82.5 Å². The molecule has 2 N–H and O–H groups in total. The van der Waals surface area contributed by atoms with Gasteiger partial charge in [0.05, 0.1) is 22.7 Å². The third kappa shape index (κ3) is 3.72. The molecule has 1 aliphatic heterocycles. The average molecular weight is 311 g/mol. The van der Waals surface area contributed by atoms with Gasteiger partial charge in [0, 0.05) is 18.0 Å².